The highest BCUT2D eigenvalue weighted by Gasteiger charge is 2.11. The van der Waals surface area contributed by atoms with Crippen LogP contribution in [0.5, 0.6) is 0 Å². The molecule has 0 unspecified atom stereocenters. The average Bonchev–Trinajstić information content (AvgIpc) is 2.00. The molecule has 0 radical (unpaired) electrons. The van der Waals surface area contributed by atoms with Gasteiger partial charge in [-0.25, -0.2) is 0 Å². The molecule has 0 aliphatic carbocycles. The standard InChI is InChI=1S/C13H29NO/c1-7-8-14(11-12(2)3)9-10-15-13(4,5)6/h12H,7-11H2,1-6H3. The molecule has 92 valence electrons. The van der Waals surface area contributed by atoms with Gasteiger partial charge in [0.2, 0.25) is 0 Å². The highest BCUT2D eigenvalue weighted by atomic mass is 16.5. The molecule has 0 rings (SSSR count). The molecule has 0 saturated carbocycles. The zero-order valence-electron chi connectivity index (χ0n) is 11.5. The van der Waals surface area contributed by atoms with Gasteiger partial charge < -0.3 is 9.64 Å². The van der Waals surface area contributed by atoms with Gasteiger partial charge in [-0.2, -0.15) is 0 Å². The lowest BCUT2D eigenvalue weighted by Crippen LogP contribution is -2.34. The van der Waals surface area contributed by atoms with Crippen LogP contribution in [-0.2, 0) is 4.74 Å². The summed E-state index contributed by atoms with van der Waals surface area (Å²) in [6.45, 7) is 17.4. The molecule has 0 atom stereocenters. The SMILES string of the molecule is CCCN(CCOC(C)(C)C)CC(C)C. The van der Waals surface area contributed by atoms with E-state index in [4.69, 9.17) is 4.74 Å². The Morgan fingerprint density at radius 2 is 1.73 bits per heavy atom. The molecule has 15 heavy (non-hydrogen) atoms. The zero-order valence-corrected chi connectivity index (χ0v) is 11.5. The molecule has 0 aromatic heterocycles. The summed E-state index contributed by atoms with van der Waals surface area (Å²) in [6.07, 6.45) is 1.22. The number of hydrogen-bond donors (Lipinski definition) is 0. The summed E-state index contributed by atoms with van der Waals surface area (Å²) in [5, 5.41) is 0. The maximum Gasteiger partial charge on any atom is 0.0600 e. The largest absolute Gasteiger partial charge is 0.375 e. The molecule has 0 aromatic carbocycles. The fourth-order valence-corrected chi connectivity index (χ4v) is 1.61. The third-order valence-corrected chi connectivity index (χ3v) is 2.11. The Labute approximate surface area is 96.0 Å². The molecule has 0 spiro atoms. The Morgan fingerprint density at radius 3 is 2.13 bits per heavy atom. The molecule has 0 heterocycles. The van der Waals surface area contributed by atoms with Crippen LogP contribution in [0.15, 0.2) is 0 Å². The van der Waals surface area contributed by atoms with E-state index >= 15 is 0 Å². The molecule has 0 N–H and O–H groups in total. The fraction of sp³-hybridized carbons (Fsp3) is 1.00. The maximum absolute atomic E-state index is 5.75. The van der Waals surface area contributed by atoms with Crippen molar-refractivity contribution in [1.29, 1.82) is 0 Å². The van der Waals surface area contributed by atoms with Crippen molar-refractivity contribution >= 4 is 0 Å². The molecule has 2 heteroatoms. The van der Waals surface area contributed by atoms with E-state index < -0.39 is 0 Å². The van der Waals surface area contributed by atoms with Crippen molar-refractivity contribution in [2.45, 2.75) is 53.6 Å². The first-order chi connectivity index (χ1) is 6.85. The third-order valence-electron chi connectivity index (χ3n) is 2.11. The summed E-state index contributed by atoms with van der Waals surface area (Å²) in [5.74, 6) is 0.742. The van der Waals surface area contributed by atoms with Crippen molar-refractivity contribution in [2.75, 3.05) is 26.2 Å². The molecule has 2 nitrogen and oxygen atoms in total. The van der Waals surface area contributed by atoms with Crippen LogP contribution in [-0.4, -0.2) is 36.7 Å². The predicted molar refractivity (Wildman–Crippen MR) is 67.3 cm³/mol. The van der Waals surface area contributed by atoms with Crippen molar-refractivity contribution in [3.05, 3.63) is 0 Å². The number of rotatable bonds is 7. The van der Waals surface area contributed by atoms with Gasteiger partial charge in [0.1, 0.15) is 0 Å². The van der Waals surface area contributed by atoms with E-state index in [1.54, 1.807) is 0 Å². The van der Waals surface area contributed by atoms with Crippen LogP contribution in [0, 0.1) is 5.92 Å². The van der Waals surface area contributed by atoms with Crippen LogP contribution in [0.25, 0.3) is 0 Å². The highest BCUT2D eigenvalue weighted by molar-refractivity contribution is 4.62. The topological polar surface area (TPSA) is 12.5 Å². The fourth-order valence-electron chi connectivity index (χ4n) is 1.61. The minimum Gasteiger partial charge on any atom is -0.375 e. The lowest BCUT2D eigenvalue weighted by atomic mass is 10.2. The Kier molecular flexibility index (Phi) is 7.20. The van der Waals surface area contributed by atoms with Crippen molar-refractivity contribution in [1.82, 2.24) is 4.90 Å². The van der Waals surface area contributed by atoms with Gasteiger partial charge in [-0.05, 0) is 39.7 Å². The van der Waals surface area contributed by atoms with Gasteiger partial charge in [-0.3, -0.25) is 0 Å². The minimum absolute atomic E-state index is 0.00425. The second-order valence-corrected chi connectivity index (χ2v) is 5.66. The zero-order chi connectivity index (χ0) is 11.9. The molecule has 0 fully saturated rings. The summed E-state index contributed by atoms with van der Waals surface area (Å²) in [4.78, 5) is 2.50. The van der Waals surface area contributed by atoms with Gasteiger partial charge in [0, 0.05) is 13.1 Å². The normalized spacial score (nSPS) is 12.8. The van der Waals surface area contributed by atoms with E-state index in [0.29, 0.717) is 0 Å². The van der Waals surface area contributed by atoms with Crippen molar-refractivity contribution in [3.63, 3.8) is 0 Å². The molecule has 0 aliphatic rings. The number of nitrogens with zero attached hydrogens (tertiary/aromatic N) is 1. The van der Waals surface area contributed by atoms with E-state index in [2.05, 4.69) is 46.4 Å². The van der Waals surface area contributed by atoms with Crippen molar-refractivity contribution < 1.29 is 4.74 Å². The molecule has 0 aromatic rings. The van der Waals surface area contributed by atoms with E-state index in [0.717, 1.165) is 19.1 Å². The van der Waals surface area contributed by atoms with E-state index in [-0.39, 0.29) is 5.60 Å². The first kappa shape index (κ1) is 14.9. The summed E-state index contributed by atoms with van der Waals surface area (Å²) in [7, 11) is 0. The average molecular weight is 215 g/mol. The van der Waals surface area contributed by atoms with E-state index in [9.17, 15) is 0 Å². The van der Waals surface area contributed by atoms with Gasteiger partial charge in [0.05, 0.1) is 12.2 Å². The number of hydrogen-bond acceptors (Lipinski definition) is 2. The monoisotopic (exact) mass is 215 g/mol. The summed E-state index contributed by atoms with van der Waals surface area (Å²) >= 11 is 0. The van der Waals surface area contributed by atoms with Crippen LogP contribution in [0.4, 0.5) is 0 Å². The van der Waals surface area contributed by atoms with Crippen LogP contribution in [0.1, 0.15) is 48.0 Å². The first-order valence-corrected chi connectivity index (χ1v) is 6.21. The number of ether oxygens (including phenoxy) is 1. The van der Waals surface area contributed by atoms with Gasteiger partial charge in [-0.1, -0.05) is 20.8 Å². The van der Waals surface area contributed by atoms with Crippen LogP contribution in [0.2, 0.25) is 0 Å². The Bertz CT molecular complexity index is 149. The third kappa shape index (κ3) is 10.2. The van der Waals surface area contributed by atoms with E-state index in [1.807, 2.05) is 0 Å². The summed E-state index contributed by atoms with van der Waals surface area (Å²) in [6, 6.07) is 0. The summed E-state index contributed by atoms with van der Waals surface area (Å²) < 4.78 is 5.75. The van der Waals surface area contributed by atoms with Gasteiger partial charge in [0.25, 0.3) is 0 Å². The Balaban J connectivity index is 3.75. The predicted octanol–water partition coefficient (Wildman–Crippen LogP) is 3.17. The Morgan fingerprint density at radius 1 is 1.13 bits per heavy atom. The van der Waals surface area contributed by atoms with Crippen LogP contribution in [0.3, 0.4) is 0 Å². The first-order valence-electron chi connectivity index (χ1n) is 6.21. The highest BCUT2D eigenvalue weighted by Crippen LogP contribution is 2.07. The Hall–Kier alpha value is -0.0800. The maximum atomic E-state index is 5.75. The lowest BCUT2D eigenvalue weighted by Gasteiger charge is -2.26. The smallest absolute Gasteiger partial charge is 0.0600 e. The van der Waals surface area contributed by atoms with E-state index in [1.165, 1.54) is 19.5 Å². The van der Waals surface area contributed by atoms with Gasteiger partial charge in [-0.15, -0.1) is 0 Å². The lowest BCUT2D eigenvalue weighted by molar-refractivity contribution is -0.0140. The quantitative estimate of drug-likeness (QED) is 0.647. The van der Waals surface area contributed by atoms with Crippen LogP contribution < -0.4 is 0 Å². The second-order valence-electron chi connectivity index (χ2n) is 5.66. The summed E-state index contributed by atoms with van der Waals surface area (Å²) in [5.41, 5.74) is -0.00425. The molecular weight excluding hydrogens is 186 g/mol. The molecular formula is C13H29NO. The van der Waals surface area contributed by atoms with Gasteiger partial charge >= 0.3 is 0 Å². The molecule has 0 aliphatic heterocycles. The van der Waals surface area contributed by atoms with Crippen molar-refractivity contribution in [2.24, 2.45) is 5.92 Å². The molecule has 0 bridgehead atoms. The molecule has 0 saturated heterocycles. The second kappa shape index (κ2) is 7.24. The van der Waals surface area contributed by atoms with Crippen LogP contribution >= 0.6 is 0 Å². The minimum atomic E-state index is -0.00425. The van der Waals surface area contributed by atoms with Crippen molar-refractivity contribution in [3.8, 4) is 0 Å². The molecule has 0 amide bonds. The van der Waals surface area contributed by atoms with Gasteiger partial charge in [0.15, 0.2) is 0 Å².